The first-order chi connectivity index (χ1) is 13.0. The lowest BCUT2D eigenvalue weighted by Crippen LogP contribution is -2.25. The molecular weight excluding hydrogens is 345 g/mol. The standard InChI is InChI=1S/C24H31F3/c1-2-3-18-6-12-21(13-7-18)22-14-8-19(9-15-22)4-5-20-10-16-23(17-11-20)24(25,26)27/h10-11,16-19,21-22H,2-3,6-9,12-15H2,1H3/t18-,19?,21-,22?. The van der Waals surface area contributed by atoms with Crippen LogP contribution in [0.15, 0.2) is 24.3 Å². The molecule has 0 aromatic heterocycles. The number of hydrogen-bond acceptors (Lipinski definition) is 0. The maximum Gasteiger partial charge on any atom is 0.416 e. The van der Waals surface area contributed by atoms with E-state index in [1.165, 1.54) is 63.5 Å². The molecule has 2 aliphatic carbocycles. The second-order valence-electron chi connectivity index (χ2n) is 8.53. The largest absolute Gasteiger partial charge is 0.416 e. The van der Waals surface area contributed by atoms with Gasteiger partial charge in [0.1, 0.15) is 0 Å². The normalized spacial score (nSPS) is 29.0. The van der Waals surface area contributed by atoms with E-state index in [0.717, 1.165) is 42.7 Å². The fraction of sp³-hybridized carbons (Fsp3) is 0.667. The maximum atomic E-state index is 12.6. The van der Waals surface area contributed by atoms with E-state index in [-0.39, 0.29) is 0 Å². The van der Waals surface area contributed by atoms with E-state index in [1.807, 2.05) is 0 Å². The summed E-state index contributed by atoms with van der Waals surface area (Å²) in [5.41, 5.74) is 0.0709. The molecule has 2 saturated carbocycles. The van der Waals surface area contributed by atoms with Crippen LogP contribution in [0.2, 0.25) is 0 Å². The first-order valence-corrected chi connectivity index (χ1v) is 10.6. The Morgan fingerprint density at radius 2 is 1.41 bits per heavy atom. The van der Waals surface area contributed by atoms with Crippen LogP contribution in [-0.4, -0.2) is 0 Å². The van der Waals surface area contributed by atoms with Gasteiger partial charge in [0.15, 0.2) is 0 Å². The molecule has 1 aromatic carbocycles. The van der Waals surface area contributed by atoms with Gasteiger partial charge in [-0.05, 0) is 80.5 Å². The Morgan fingerprint density at radius 3 is 1.93 bits per heavy atom. The molecular formula is C24H31F3. The Bertz CT molecular complexity index is 631. The second kappa shape index (κ2) is 9.18. The molecule has 0 radical (unpaired) electrons. The van der Waals surface area contributed by atoms with E-state index in [2.05, 4.69) is 18.8 Å². The molecule has 0 unspecified atom stereocenters. The van der Waals surface area contributed by atoms with Crippen LogP contribution in [0.1, 0.15) is 82.3 Å². The molecule has 27 heavy (non-hydrogen) atoms. The molecule has 0 atom stereocenters. The van der Waals surface area contributed by atoms with Crippen molar-refractivity contribution in [3.05, 3.63) is 35.4 Å². The zero-order chi connectivity index (χ0) is 19.3. The van der Waals surface area contributed by atoms with Crippen LogP contribution in [-0.2, 0) is 6.18 Å². The lowest BCUT2D eigenvalue weighted by molar-refractivity contribution is -0.137. The molecule has 0 N–H and O–H groups in total. The summed E-state index contributed by atoms with van der Waals surface area (Å²) in [6, 6.07) is 5.21. The third-order valence-corrected chi connectivity index (χ3v) is 6.66. The van der Waals surface area contributed by atoms with Gasteiger partial charge in [0.25, 0.3) is 0 Å². The summed E-state index contributed by atoms with van der Waals surface area (Å²) < 4.78 is 37.8. The predicted octanol–water partition coefficient (Wildman–Crippen LogP) is 7.47. The summed E-state index contributed by atoms with van der Waals surface area (Å²) in [7, 11) is 0. The molecule has 3 rings (SSSR count). The van der Waals surface area contributed by atoms with Crippen molar-refractivity contribution in [3.63, 3.8) is 0 Å². The van der Waals surface area contributed by atoms with Crippen LogP contribution >= 0.6 is 0 Å². The lowest BCUT2D eigenvalue weighted by Gasteiger charge is -2.37. The van der Waals surface area contributed by atoms with Gasteiger partial charge >= 0.3 is 6.18 Å². The summed E-state index contributed by atoms with van der Waals surface area (Å²) in [5, 5.41) is 0. The highest BCUT2D eigenvalue weighted by atomic mass is 19.4. The third-order valence-electron chi connectivity index (χ3n) is 6.66. The van der Waals surface area contributed by atoms with E-state index < -0.39 is 11.7 Å². The maximum absolute atomic E-state index is 12.6. The molecule has 0 bridgehead atoms. The van der Waals surface area contributed by atoms with Crippen LogP contribution in [0, 0.1) is 35.5 Å². The molecule has 0 nitrogen and oxygen atoms in total. The highest BCUT2D eigenvalue weighted by molar-refractivity contribution is 5.37. The Balaban J connectivity index is 1.46. The Labute approximate surface area is 161 Å². The minimum Gasteiger partial charge on any atom is -0.166 e. The minimum atomic E-state index is -4.28. The topological polar surface area (TPSA) is 0 Å². The molecule has 3 heteroatoms. The molecule has 2 fully saturated rings. The van der Waals surface area contributed by atoms with E-state index in [9.17, 15) is 13.2 Å². The summed E-state index contributed by atoms with van der Waals surface area (Å²) in [5.74, 6) is 9.56. The van der Waals surface area contributed by atoms with Crippen molar-refractivity contribution in [1.29, 1.82) is 0 Å². The smallest absolute Gasteiger partial charge is 0.166 e. The highest BCUT2D eigenvalue weighted by Crippen LogP contribution is 2.42. The SMILES string of the molecule is CCC[C@H]1CC[C@H](C2CCC(C#Cc3ccc(C(F)(F)F)cc3)CC2)CC1. The molecule has 0 heterocycles. The Kier molecular flexibility index (Phi) is 6.90. The zero-order valence-corrected chi connectivity index (χ0v) is 16.3. The van der Waals surface area contributed by atoms with Gasteiger partial charge in [0.05, 0.1) is 5.56 Å². The second-order valence-corrected chi connectivity index (χ2v) is 8.53. The zero-order valence-electron chi connectivity index (χ0n) is 16.3. The van der Waals surface area contributed by atoms with Crippen molar-refractivity contribution in [3.8, 4) is 11.8 Å². The molecule has 0 aliphatic heterocycles. The monoisotopic (exact) mass is 376 g/mol. The van der Waals surface area contributed by atoms with Crippen LogP contribution in [0.4, 0.5) is 13.2 Å². The van der Waals surface area contributed by atoms with Gasteiger partial charge in [-0.25, -0.2) is 0 Å². The fourth-order valence-electron chi connectivity index (χ4n) is 5.02. The molecule has 2 aliphatic rings. The van der Waals surface area contributed by atoms with Crippen LogP contribution < -0.4 is 0 Å². The van der Waals surface area contributed by atoms with Crippen molar-refractivity contribution in [2.45, 2.75) is 77.3 Å². The van der Waals surface area contributed by atoms with Gasteiger partial charge in [-0.2, -0.15) is 13.2 Å². The highest BCUT2D eigenvalue weighted by Gasteiger charge is 2.31. The molecule has 148 valence electrons. The van der Waals surface area contributed by atoms with Gasteiger partial charge in [0, 0.05) is 11.5 Å². The average Bonchev–Trinajstić information content (AvgIpc) is 2.67. The van der Waals surface area contributed by atoms with Crippen molar-refractivity contribution in [1.82, 2.24) is 0 Å². The summed E-state index contributed by atoms with van der Waals surface area (Å²) in [4.78, 5) is 0. The Hall–Kier alpha value is -1.43. The van der Waals surface area contributed by atoms with E-state index in [1.54, 1.807) is 0 Å². The number of rotatable bonds is 3. The average molecular weight is 377 g/mol. The molecule has 0 saturated heterocycles. The van der Waals surface area contributed by atoms with Gasteiger partial charge < -0.3 is 0 Å². The Morgan fingerprint density at radius 1 is 0.852 bits per heavy atom. The van der Waals surface area contributed by atoms with Crippen molar-refractivity contribution < 1.29 is 13.2 Å². The number of alkyl halides is 3. The van der Waals surface area contributed by atoms with Gasteiger partial charge in [-0.3, -0.25) is 0 Å². The minimum absolute atomic E-state index is 0.403. The first kappa shape index (κ1) is 20.3. The van der Waals surface area contributed by atoms with Gasteiger partial charge in [0.2, 0.25) is 0 Å². The molecule has 0 amide bonds. The van der Waals surface area contributed by atoms with Gasteiger partial charge in [-0.15, -0.1) is 0 Å². The van der Waals surface area contributed by atoms with Crippen molar-refractivity contribution in [2.75, 3.05) is 0 Å². The number of halogens is 3. The number of hydrogen-bond donors (Lipinski definition) is 0. The van der Waals surface area contributed by atoms with Crippen LogP contribution in [0.25, 0.3) is 0 Å². The van der Waals surface area contributed by atoms with E-state index >= 15 is 0 Å². The van der Waals surface area contributed by atoms with Crippen LogP contribution in [0.5, 0.6) is 0 Å². The fourth-order valence-corrected chi connectivity index (χ4v) is 5.02. The van der Waals surface area contributed by atoms with E-state index in [0.29, 0.717) is 11.5 Å². The predicted molar refractivity (Wildman–Crippen MR) is 104 cm³/mol. The van der Waals surface area contributed by atoms with Crippen molar-refractivity contribution >= 4 is 0 Å². The van der Waals surface area contributed by atoms with Crippen LogP contribution in [0.3, 0.4) is 0 Å². The first-order valence-electron chi connectivity index (χ1n) is 10.6. The quantitative estimate of drug-likeness (QED) is 0.480. The summed E-state index contributed by atoms with van der Waals surface area (Å²) in [6.45, 7) is 2.29. The summed E-state index contributed by atoms with van der Waals surface area (Å²) in [6.07, 6.45) is 8.95. The summed E-state index contributed by atoms with van der Waals surface area (Å²) >= 11 is 0. The number of benzene rings is 1. The van der Waals surface area contributed by atoms with Crippen molar-refractivity contribution in [2.24, 2.45) is 23.7 Å². The van der Waals surface area contributed by atoms with Gasteiger partial charge in [-0.1, -0.05) is 44.4 Å². The molecule has 1 aromatic rings. The lowest BCUT2D eigenvalue weighted by atomic mass is 9.69. The third kappa shape index (κ3) is 5.77. The molecule has 0 spiro atoms. The van der Waals surface area contributed by atoms with E-state index in [4.69, 9.17) is 0 Å².